The van der Waals surface area contributed by atoms with Crippen LogP contribution < -0.4 is 16.0 Å². The zero-order valence-corrected chi connectivity index (χ0v) is 17.0. The molecule has 2 aromatic heterocycles. The Morgan fingerprint density at radius 3 is 2.20 bits per heavy atom. The molecule has 0 radical (unpaired) electrons. The van der Waals surface area contributed by atoms with Crippen molar-refractivity contribution in [2.24, 2.45) is 0 Å². The molecule has 30 heavy (non-hydrogen) atoms. The number of furan rings is 2. The summed E-state index contributed by atoms with van der Waals surface area (Å²) in [6.07, 6.45) is 0. The smallest absolute Gasteiger partial charge is 0.287 e. The number of benzene rings is 1. The van der Waals surface area contributed by atoms with Gasteiger partial charge in [-0.3, -0.25) is 14.4 Å². The monoisotopic (exact) mass is 409 g/mol. The second kappa shape index (κ2) is 9.13. The summed E-state index contributed by atoms with van der Waals surface area (Å²) in [4.78, 5) is 35.4. The third-order valence-electron chi connectivity index (χ3n) is 4.60. The van der Waals surface area contributed by atoms with E-state index in [1.165, 1.54) is 7.05 Å². The zero-order chi connectivity index (χ0) is 21.7. The highest BCUT2D eigenvalue weighted by Gasteiger charge is 2.14. The molecule has 3 aromatic rings. The van der Waals surface area contributed by atoms with Crippen molar-refractivity contribution in [3.63, 3.8) is 0 Å². The van der Waals surface area contributed by atoms with Crippen LogP contribution in [-0.4, -0.2) is 31.3 Å². The predicted octanol–water partition coefficient (Wildman–Crippen LogP) is 2.56. The van der Waals surface area contributed by atoms with E-state index in [9.17, 15) is 14.4 Å². The maximum absolute atomic E-state index is 12.2. The first-order valence-corrected chi connectivity index (χ1v) is 9.40. The highest BCUT2D eigenvalue weighted by molar-refractivity contribution is 5.94. The Hall–Kier alpha value is -3.81. The molecule has 1 aromatic carbocycles. The SMILES string of the molecule is CNC(=O)CNC(=O)c1ccc(-c2ccc(CNC(=O)c3cc(C)c(C)o3)cc2)o1. The molecule has 0 fully saturated rings. The van der Waals surface area contributed by atoms with Gasteiger partial charge in [0, 0.05) is 19.2 Å². The van der Waals surface area contributed by atoms with Crippen LogP contribution in [-0.2, 0) is 11.3 Å². The van der Waals surface area contributed by atoms with Crippen molar-refractivity contribution in [3.05, 3.63) is 70.9 Å². The van der Waals surface area contributed by atoms with Gasteiger partial charge in [0.05, 0.1) is 6.54 Å². The maximum atomic E-state index is 12.2. The Kier molecular flexibility index (Phi) is 6.36. The highest BCUT2D eigenvalue weighted by atomic mass is 16.4. The lowest BCUT2D eigenvalue weighted by Gasteiger charge is -2.05. The van der Waals surface area contributed by atoms with Crippen molar-refractivity contribution in [2.75, 3.05) is 13.6 Å². The van der Waals surface area contributed by atoms with Gasteiger partial charge < -0.3 is 24.8 Å². The molecule has 0 aliphatic heterocycles. The van der Waals surface area contributed by atoms with E-state index < -0.39 is 5.91 Å². The van der Waals surface area contributed by atoms with Crippen LogP contribution in [0.5, 0.6) is 0 Å². The van der Waals surface area contributed by atoms with Crippen LogP contribution in [0.15, 0.2) is 51.3 Å². The lowest BCUT2D eigenvalue weighted by atomic mass is 10.1. The average Bonchev–Trinajstić information content (AvgIpc) is 3.37. The molecule has 0 bridgehead atoms. The molecule has 0 aliphatic carbocycles. The second-order valence-electron chi connectivity index (χ2n) is 6.75. The summed E-state index contributed by atoms with van der Waals surface area (Å²) >= 11 is 0. The molecule has 2 heterocycles. The number of aryl methyl sites for hydroxylation is 2. The number of amides is 3. The largest absolute Gasteiger partial charge is 0.456 e. The summed E-state index contributed by atoms with van der Waals surface area (Å²) < 4.78 is 11.0. The van der Waals surface area contributed by atoms with Crippen molar-refractivity contribution in [3.8, 4) is 11.3 Å². The number of rotatable bonds is 7. The number of nitrogens with one attached hydrogen (secondary N) is 3. The van der Waals surface area contributed by atoms with Crippen LogP contribution >= 0.6 is 0 Å². The summed E-state index contributed by atoms with van der Waals surface area (Å²) in [6, 6.07) is 12.4. The van der Waals surface area contributed by atoms with E-state index in [-0.39, 0.29) is 24.1 Å². The fourth-order valence-electron chi connectivity index (χ4n) is 2.69. The van der Waals surface area contributed by atoms with E-state index in [1.54, 1.807) is 18.2 Å². The van der Waals surface area contributed by atoms with Gasteiger partial charge in [0.1, 0.15) is 11.5 Å². The Labute approximate surface area is 173 Å². The third-order valence-corrected chi connectivity index (χ3v) is 4.60. The van der Waals surface area contributed by atoms with Crippen molar-refractivity contribution in [1.29, 1.82) is 0 Å². The Bertz CT molecular complexity index is 1040. The summed E-state index contributed by atoms with van der Waals surface area (Å²) in [7, 11) is 1.49. The molecule has 0 saturated carbocycles. The van der Waals surface area contributed by atoms with Crippen molar-refractivity contribution in [1.82, 2.24) is 16.0 Å². The van der Waals surface area contributed by atoms with Crippen LogP contribution in [0.1, 0.15) is 38.0 Å². The molecular formula is C22H23N3O5. The number of likely N-dealkylation sites (N-methyl/N-ethyl adjacent to an activating group) is 1. The average molecular weight is 409 g/mol. The second-order valence-corrected chi connectivity index (χ2v) is 6.75. The van der Waals surface area contributed by atoms with Gasteiger partial charge in [-0.1, -0.05) is 24.3 Å². The molecule has 0 spiro atoms. The van der Waals surface area contributed by atoms with Crippen LogP contribution in [0.25, 0.3) is 11.3 Å². The normalized spacial score (nSPS) is 10.5. The molecule has 8 nitrogen and oxygen atoms in total. The molecular weight excluding hydrogens is 386 g/mol. The molecule has 3 amide bonds. The minimum Gasteiger partial charge on any atom is -0.456 e. The summed E-state index contributed by atoms with van der Waals surface area (Å²) in [5.41, 5.74) is 2.62. The summed E-state index contributed by atoms with van der Waals surface area (Å²) in [5.74, 6) is 0.631. The molecule has 3 rings (SSSR count). The van der Waals surface area contributed by atoms with E-state index in [4.69, 9.17) is 8.83 Å². The summed E-state index contributed by atoms with van der Waals surface area (Å²) in [5, 5.41) is 7.72. The van der Waals surface area contributed by atoms with Gasteiger partial charge in [-0.2, -0.15) is 0 Å². The van der Waals surface area contributed by atoms with Crippen molar-refractivity contribution < 1.29 is 23.2 Å². The molecule has 8 heteroatoms. The van der Waals surface area contributed by atoms with Gasteiger partial charge in [0.2, 0.25) is 5.91 Å². The van der Waals surface area contributed by atoms with Crippen molar-refractivity contribution in [2.45, 2.75) is 20.4 Å². The Morgan fingerprint density at radius 2 is 1.57 bits per heavy atom. The summed E-state index contributed by atoms with van der Waals surface area (Å²) in [6.45, 7) is 3.93. The first-order valence-electron chi connectivity index (χ1n) is 9.40. The standard InChI is InChI=1S/C22H23N3O5/c1-13-10-19(29-14(13)2)22(28)24-11-15-4-6-16(7-5-15)17-8-9-18(30-17)21(27)25-12-20(26)23-3/h4-10H,11-12H2,1-3H3,(H,23,26)(H,24,28)(H,25,27). The van der Waals surface area contributed by atoms with Crippen LogP contribution in [0.3, 0.4) is 0 Å². The minimum atomic E-state index is -0.465. The lowest BCUT2D eigenvalue weighted by molar-refractivity contribution is -0.119. The molecule has 0 atom stereocenters. The van der Waals surface area contributed by atoms with Crippen molar-refractivity contribution >= 4 is 17.7 Å². The van der Waals surface area contributed by atoms with Gasteiger partial charge in [-0.25, -0.2) is 0 Å². The first kappa shape index (κ1) is 20.9. The van der Waals surface area contributed by atoms with Gasteiger partial charge in [0.15, 0.2) is 11.5 Å². The van der Waals surface area contributed by atoms with Crippen LogP contribution in [0.4, 0.5) is 0 Å². The molecule has 0 unspecified atom stereocenters. The Morgan fingerprint density at radius 1 is 0.867 bits per heavy atom. The van der Waals surface area contributed by atoms with Gasteiger partial charge in [-0.05, 0) is 43.2 Å². The van der Waals surface area contributed by atoms with Gasteiger partial charge >= 0.3 is 0 Å². The van der Waals surface area contributed by atoms with Gasteiger partial charge in [0.25, 0.3) is 11.8 Å². The number of carbonyl (C=O) groups is 3. The van der Waals surface area contributed by atoms with Crippen LogP contribution in [0, 0.1) is 13.8 Å². The first-order chi connectivity index (χ1) is 14.4. The molecule has 3 N–H and O–H groups in total. The van der Waals surface area contributed by atoms with E-state index in [1.807, 2.05) is 38.1 Å². The number of carbonyl (C=O) groups excluding carboxylic acids is 3. The number of hydrogen-bond acceptors (Lipinski definition) is 5. The quantitative estimate of drug-likeness (QED) is 0.555. The number of hydrogen-bond donors (Lipinski definition) is 3. The van der Waals surface area contributed by atoms with E-state index in [0.29, 0.717) is 18.1 Å². The minimum absolute atomic E-state index is 0.120. The van der Waals surface area contributed by atoms with E-state index in [0.717, 1.165) is 22.5 Å². The van der Waals surface area contributed by atoms with Crippen LogP contribution in [0.2, 0.25) is 0 Å². The molecule has 0 saturated heterocycles. The fraction of sp³-hybridized carbons (Fsp3) is 0.227. The topological polar surface area (TPSA) is 114 Å². The van der Waals surface area contributed by atoms with E-state index in [2.05, 4.69) is 16.0 Å². The molecule has 156 valence electrons. The molecule has 0 aliphatic rings. The Balaban J connectivity index is 1.58. The zero-order valence-electron chi connectivity index (χ0n) is 17.0. The fourth-order valence-corrected chi connectivity index (χ4v) is 2.69. The van der Waals surface area contributed by atoms with E-state index >= 15 is 0 Å². The maximum Gasteiger partial charge on any atom is 0.287 e. The lowest BCUT2D eigenvalue weighted by Crippen LogP contribution is -2.34. The third kappa shape index (κ3) is 4.96. The predicted molar refractivity (Wildman–Crippen MR) is 110 cm³/mol. The highest BCUT2D eigenvalue weighted by Crippen LogP contribution is 2.22. The van der Waals surface area contributed by atoms with Gasteiger partial charge in [-0.15, -0.1) is 0 Å².